The minimum absolute atomic E-state index is 1.07. The molecule has 1 aromatic rings. The molecule has 0 fully saturated rings. The van der Waals surface area contributed by atoms with Crippen LogP contribution in [0.2, 0.25) is 0 Å². The zero-order valence-electron chi connectivity index (χ0n) is 9.58. The molecule has 2 heterocycles. The summed E-state index contributed by atoms with van der Waals surface area (Å²) in [6.45, 7) is 8.14. The van der Waals surface area contributed by atoms with Gasteiger partial charge in [0.1, 0.15) is 0 Å². The van der Waals surface area contributed by atoms with Gasteiger partial charge in [-0.1, -0.05) is 12.7 Å². The summed E-state index contributed by atoms with van der Waals surface area (Å²) in [5.74, 6) is 0. The van der Waals surface area contributed by atoms with Crippen molar-refractivity contribution >= 4 is 6.08 Å². The lowest BCUT2D eigenvalue weighted by Gasteiger charge is -2.10. The lowest BCUT2D eigenvalue weighted by molar-refractivity contribution is 0.352. The molecule has 0 amide bonds. The van der Waals surface area contributed by atoms with Gasteiger partial charge in [0.15, 0.2) is 0 Å². The second kappa shape index (κ2) is 4.15. The first-order valence-electron chi connectivity index (χ1n) is 5.51. The Bertz CT molecular complexity index is 382. The van der Waals surface area contributed by atoms with Crippen LogP contribution < -0.4 is 0 Å². The highest BCUT2D eigenvalue weighted by atomic mass is 15.1. The molecule has 80 valence electrons. The Balaban J connectivity index is 2.40. The van der Waals surface area contributed by atoms with Gasteiger partial charge in [-0.25, -0.2) is 0 Å². The molecular formula is C13H18N2. The molecule has 0 saturated carbocycles. The predicted molar refractivity (Wildman–Crippen MR) is 64.0 cm³/mol. The molecule has 2 heteroatoms. The van der Waals surface area contributed by atoms with Crippen molar-refractivity contribution in [2.24, 2.45) is 0 Å². The molecule has 1 aliphatic rings. The highest BCUT2D eigenvalue weighted by molar-refractivity contribution is 5.51. The van der Waals surface area contributed by atoms with E-state index in [-0.39, 0.29) is 0 Å². The highest BCUT2D eigenvalue weighted by Gasteiger charge is 2.13. The van der Waals surface area contributed by atoms with E-state index in [9.17, 15) is 0 Å². The van der Waals surface area contributed by atoms with Crippen LogP contribution >= 0.6 is 0 Å². The van der Waals surface area contributed by atoms with E-state index in [1.165, 1.54) is 16.8 Å². The number of hydrogen-bond acceptors (Lipinski definition) is 2. The van der Waals surface area contributed by atoms with Gasteiger partial charge >= 0.3 is 0 Å². The topological polar surface area (TPSA) is 16.1 Å². The largest absolute Gasteiger partial charge is 0.306 e. The van der Waals surface area contributed by atoms with E-state index in [1.807, 2.05) is 6.08 Å². The van der Waals surface area contributed by atoms with E-state index in [1.54, 1.807) is 0 Å². The molecule has 1 aromatic heterocycles. The molecule has 0 bridgehead atoms. The lowest BCUT2D eigenvalue weighted by Crippen LogP contribution is -2.20. The summed E-state index contributed by atoms with van der Waals surface area (Å²) in [5, 5.41) is 0. The molecule has 15 heavy (non-hydrogen) atoms. The summed E-state index contributed by atoms with van der Waals surface area (Å²) in [7, 11) is 2.17. The number of pyridine rings is 1. The van der Waals surface area contributed by atoms with Crippen LogP contribution in [0.15, 0.2) is 12.6 Å². The molecule has 2 rings (SSSR count). The van der Waals surface area contributed by atoms with E-state index in [0.717, 1.165) is 31.6 Å². The van der Waals surface area contributed by atoms with Crippen molar-refractivity contribution in [2.75, 3.05) is 20.1 Å². The Morgan fingerprint density at radius 3 is 2.87 bits per heavy atom. The lowest BCUT2D eigenvalue weighted by atomic mass is 10.0. The Morgan fingerprint density at radius 2 is 2.13 bits per heavy atom. The quantitative estimate of drug-likeness (QED) is 0.693. The van der Waals surface area contributed by atoms with E-state index in [2.05, 4.69) is 36.5 Å². The van der Waals surface area contributed by atoms with Gasteiger partial charge in [0.25, 0.3) is 0 Å². The van der Waals surface area contributed by atoms with Crippen LogP contribution in [0, 0.1) is 6.92 Å². The normalized spacial score (nSPS) is 16.9. The Hall–Kier alpha value is -1.15. The fourth-order valence-electron chi connectivity index (χ4n) is 2.07. The zero-order valence-corrected chi connectivity index (χ0v) is 9.58. The van der Waals surface area contributed by atoms with Gasteiger partial charge < -0.3 is 4.90 Å². The number of aryl methyl sites for hydroxylation is 1. The molecule has 1 aliphatic heterocycles. The third kappa shape index (κ3) is 2.10. The van der Waals surface area contributed by atoms with E-state index < -0.39 is 0 Å². The molecule has 0 aliphatic carbocycles. The van der Waals surface area contributed by atoms with E-state index in [0.29, 0.717) is 0 Å². The Morgan fingerprint density at radius 1 is 1.40 bits per heavy atom. The number of rotatable bonds is 1. The zero-order chi connectivity index (χ0) is 10.8. The van der Waals surface area contributed by atoms with E-state index in [4.69, 9.17) is 0 Å². The van der Waals surface area contributed by atoms with Gasteiger partial charge in [-0.2, -0.15) is 0 Å². The number of nitrogens with zero attached hydrogens (tertiary/aromatic N) is 2. The van der Waals surface area contributed by atoms with Crippen LogP contribution in [-0.2, 0) is 12.8 Å². The van der Waals surface area contributed by atoms with Crippen LogP contribution in [0.4, 0.5) is 0 Å². The summed E-state index contributed by atoms with van der Waals surface area (Å²) in [5.41, 5.74) is 4.97. The molecule has 0 N–H and O–H groups in total. The summed E-state index contributed by atoms with van der Waals surface area (Å²) >= 11 is 0. The summed E-state index contributed by atoms with van der Waals surface area (Å²) in [4.78, 5) is 7.05. The third-order valence-electron chi connectivity index (χ3n) is 3.13. The maximum atomic E-state index is 4.68. The van der Waals surface area contributed by atoms with Crippen molar-refractivity contribution in [1.29, 1.82) is 0 Å². The van der Waals surface area contributed by atoms with Crippen LogP contribution in [-0.4, -0.2) is 30.0 Å². The summed E-state index contributed by atoms with van der Waals surface area (Å²) in [6, 6.07) is 2.25. The minimum atomic E-state index is 1.07. The van der Waals surface area contributed by atoms with Crippen molar-refractivity contribution in [3.05, 3.63) is 35.2 Å². The van der Waals surface area contributed by atoms with Crippen LogP contribution in [0.5, 0.6) is 0 Å². The van der Waals surface area contributed by atoms with Crippen molar-refractivity contribution < 1.29 is 0 Å². The summed E-state index contributed by atoms with van der Waals surface area (Å²) < 4.78 is 0. The summed E-state index contributed by atoms with van der Waals surface area (Å²) in [6.07, 6.45) is 4.08. The average Bonchev–Trinajstić information content (AvgIpc) is 2.40. The van der Waals surface area contributed by atoms with Crippen LogP contribution in [0.25, 0.3) is 6.08 Å². The average molecular weight is 202 g/mol. The first kappa shape index (κ1) is 10.4. The second-order valence-electron chi connectivity index (χ2n) is 4.28. The molecule has 0 unspecified atom stereocenters. The van der Waals surface area contributed by atoms with Crippen molar-refractivity contribution in [2.45, 2.75) is 19.8 Å². The molecule has 0 atom stereocenters. The molecule has 0 spiro atoms. The van der Waals surface area contributed by atoms with E-state index >= 15 is 0 Å². The van der Waals surface area contributed by atoms with Crippen molar-refractivity contribution in [3.8, 4) is 0 Å². The molecule has 0 radical (unpaired) electrons. The standard InChI is InChI=1S/C13H18N2/c1-4-11-9-12-5-7-15(3)8-6-13(12)14-10(11)2/h4,9H,1,5-8H2,2-3H3. The van der Waals surface area contributed by atoms with Crippen molar-refractivity contribution in [3.63, 3.8) is 0 Å². The van der Waals surface area contributed by atoms with Gasteiger partial charge in [0, 0.05) is 30.9 Å². The maximum absolute atomic E-state index is 4.68. The maximum Gasteiger partial charge on any atom is 0.0452 e. The second-order valence-corrected chi connectivity index (χ2v) is 4.28. The number of aromatic nitrogens is 1. The monoisotopic (exact) mass is 202 g/mol. The first-order valence-corrected chi connectivity index (χ1v) is 5.51. The SMILES string of the molecule is C=Cc1cc2c(nc1C)CCN(C)CC2. The Kier molecular flexibility index (Phi) is 2.87. The van der Waals surface area contributed by atoms with Crippen LogP contribution in [0.1, 0.15) is 22.5 Å². The van der Waals surface area contributed by atoms with Gasteiger partial charge in [-0.15, -0.1) is 0 Å². The van der Waals surface area contributed by atoms with Gasteiger partial charge in [-0.3, -0.25) is 4.98 Å². The number of likely N-dealkylation sites (N-methyl/N-ethyl adjacent to an activating group) is 1. The van der Waals surface area contributed by atoms with Gasteiger partial charge in [0.05, 0.1) is 0 Å². The minimum Gasteiger partial charge on any atom is -0.306 e. The first-order chi connectivity index (χ1) is 7.20. The van der Waals surface area contributed by atoms with Gasteiger partial charge in [0.2, 0.25) is 0 Å². The Labute approximate surface area is 91.6 Å². The highest BCUT2D eigenvalue weighted by Crippen LogP contribution is 2.18. The number of fused-ring (bicyclic) bond motifs is 1. The molecule has 2 nitrogen and oxygen atoms in total. The van der Waals surface area contributed by atoms with Crippen molar-refractivity contribution in [1.82, 2.24) is 9.88 Å². The third-order valence-corrected chi connectivity index (χ3v) is 3.13. The fraction of sp³-hybridized carbons (Fsp3) is 0.462. The van der Waals surface area contributed by atoms with Gasteiger partial charge in [-0.05, 0) is 37.6 Å². The molecule has 0 saturated heterocycles. The molecular weight excluding hydrogens is 184 g/mol. The smallest absolute Gasteiger partial charge is 0.0452 e. The van der Waals surface area contributed by atoms with Crippen LogP contribution in [0.3, 0.4) is 0 Å². The fourth-order valence-corrected chi connectivity index (χ4v) is 2.07. The number of hydrogen-bond donors (Lipinski definition) is 0. The molecule has 0 aromatic carbocycles. The predicted octanol–water partition coefficient (Wildman–Crippen LogP) is 2.06.